The molecule has 3 aromatic rings. The van der Waals surface area contributed by atoms with E-state index < -0.39 is 6.04 Å². The predicted octanol–water partition coefficient (Wildman–Crippen LogP) is 7.02. The predicted molar refractivity (Wildman–Crippen MR) is 156 cm³/mol. The molecule has 5 heteroatoms. The van der Waals surface area contributed by atoms with Crippen molar-refractivity contribution in [2.45, 2.75) is 58.9 Å². The minimum absolute atomic E-state index is 0.0871. The van der Waals surface area contributed by atoms with Gasteiger partial charge in [-0.15, -0.1) is 0 Å². The third kappa shape index (κ3) is 4.73. The van der Waals surface area contributed by atoms with E-state index in [1.807, 2.05) is 24.3 Å². The van der Waals surface area contributed by atoms with Gasteiger partial charge in [-0.3, -0.25) is 14.5 Å². The van der Waals surface area contributed by atoms with Gasteiger partial charge >= 0.3 is 0 Å². The van der Waals surface area contributed by atoms with Gasteiger partial charge in [-0.1, -0.05) is 55.5 Å². The van der Waals surface area contributed by atoms with Gasteiger partial charge in [-0.05, 0) is 73.6 Å². The lowest BCUT2D eigenvalue weighted by atomic mass is 9.78. The number of benzene rings is 3. The number of amides is 1. The minimum atomic E-state index is -0.486. The number of fused-ring (bicyclic) bond motifs is 1. The first-order chi connectivity index (χ1) is 18.4. The van der Waals surface area contributed by atoms with Crippen molar-refractivity contribution in [3.05, 3.63) is 101 Å². The Labute approximate surface area is 226 Å². The number of ketones is 1. The number of carbonyl (C=O) groups excluding carboxylic acids is 2. The Bertz CT molecular complexity index is 1350. The van der Waals surface area contributed by atoms with Gasteiger partial charge in [0.1, 0.15) is 0 Å². The lowest BCUT2D eigenvalue weighted by molar-refractivity contribution is -0.117. The molecule has 1 N–H and O–H groups in total. The number of allylic oxidation sites excluding steroid dienone is 1. The molecule has 0 saturated carbocycles. The van der Waals surface area contributed by atoms with E-state index in [1.165, 1.54) is 11.1 Å². The van der Waals surface area contributed by atoms with Crippen molar-refractivity contribution in [2.75, 3.05) is 28.2 Å². The number of anilines is 3. The molecule has 0 saturated heterocycles. The van der Waals surface area contributed by atoms with Crippen LogP contribution in [0.3, 0.4) is 0 Å². The van der Waals surface area contributed by atoms with E-state index >= 15 is 0 Å². The number of hydrogen-bond acceptors (Lipinski definition) is 4. The molecule has 2 atom stereocenters. The highest BCUT2D eigenvalue weighted by atomic mass is 16.2. The Balaban J connectivity index is 1.63. The van der Waals surface area contributed by atoms with Crippen LogP contribution < -0.4 is 15.1 Å². The monoisotopic (exact) mass is 507 g/mol. The summed E-state index contributed by atoms with van der Waals surface area (Å²) in [5, 5.41) is 3.60. The highest BCUT2D eigenvalue weighted by Crippen LogP contribution is 2.47. The van der Waals surface area contributed by atoms with Crippen LogP contribution in [0.25, 0.3) is 0 Å². The van der Waals surface area contributed by atoms with Gasteiger partial charge in [0.15, 0.2) is 5.78 Å². The van der Waals surface area contributed by atoms with Crippen LogP contribution in [0.15, 0.2) is 84.1 Å². The SMILES string of the molecule is CCc1ccc(C2CC(=O)C3=C(C2)Nc2ccccc2N(C(C)=O)C3c2ccc(N(CC)CC)cc2)cc1. The average molecular weight is 508 g/mol. The Hall–Kier alpha value is -3.86. The van der Waals surface area contributed by atoms with Gasteiger partial charge in [0.25, 0.3) is 0 Å². The first-order valence-electron chi connectivity index (χ1n) is 13.8. The Morgan fingerprint density at radius 1 is 0.895 bits per heavy atom. The Morgan fingerprint density at radius 2 is 1.55 bits per heavy atom. The molecule has 196 valence electrons. The maximum Gasteiger partial charge on any atom is 0.224 e. The molecule has 0 aromatic heterocycles. The summed E-state index contributed by atoms with van der Waals surface area (Å²) in [6, 6.07) is 24.4. The number of para-hydroxylation sites is 2. The van der Waals surface area contributed by atoms with Gasteiger partial charge < -0.3 is 10.2 Å². The maximum absolute atomic E-state index is 14.0. The van der Waals surface area contributed by atoms with E-state index in [1.54, 1.807) is 11.8 Å². The van der Waals surface area contributed by atoms with Crippen LogP contribution >= 0.6 is 0 Å². The molecule has 2 unspecified atom stereocenters. The fourth-order valence-corrected chi connectivity index (χ4v) is 5.97. The molecule has 0 radical (unpaired) electrons. The van der Waals surface area contributed by atoms with E-state index in [0.29, 0.717) is 12.0 Å². The molecule has 1 aliphatic carbocycles. The lowest BCUT2D eigenvalue weighted by Gasteiger charge is -2.35. The standard InChI is InChI=1S/C33H37N3O2/c1-5-23-12-14-24(15-13-23)26-20-29-32(31(38)21-26)33(25-16-18-27(19-17-25)35(6-2)7-3)36(22(4)37)30-11-9-8-10-28(30)34-29/h8-19,26,33-34H,5-7,20-21H2,1-4H3. The zero-order valence-corrected chi connectivity index (χ0v) is 22.8. The van der Waals surface area contributed by atoms with Gasteiger partial charge in [0.2, 0.25) is 5.91 Å². The molecule has 38 heavy (non-hydrogen) atoms. The van der Waals surface area contributed by atoms with E-state index in [-0.39, 0.29) is 17.6 Å². The van der Waals surface area contributed by atoms with Crippen LogP contribution in [0.4, 0.5) is 17.1 Å². The minimum Gasteiger partial charge on any atom is -0.372 e. The van der Waals surface area contributed by atoms with Crippen molar-refractivity contribution in [1.82, 2.24) is 0 Å². The van der Waals surface area contributed by atoms with Crippen molar-refractivity contribution in [1.29, 1.82) is 0 Å². The average Bonchev–Trinajstić information content (AvgIpc) is 3.09. The number of nitrogens with one attached hydrogen (secondary N) is 1. The van der Waals surface area contributed by atoms with Crippen LogP contribution in [0.5, 0.6) is 0 Å². The first-order valence-corrected chi connectivity index (χ1v) is 13.8. The van der Waals surface area contributed by atoms with Crippen LogP contribution in [0.2, 0.25) is 0 Å². The van der Waals surface area contributed by atoms with Crippen molar-refractivity contribution in [3.8, 4) is 0 Å². The highest BCUT2D eigenvalue weighted by Gasteiger charge is 2.40. The Morgan fingerprint density at radius 3 is 2.18 bits per heavy atom. The fourth-order valence-electron chi connectivity index (χ4n) is 5.97. The van der Waals surface area contributed by atoms with Gasteiger partial charge in [-0.25, -0.2) is 0 Å². The number of aryl methyl sites for hydroxylation is 1. The topological polar surface area (TPSA) is 52.7 Å². The quantitative estimate of drug-likeness (QED) is 0.390. The zero-order chi connectivity index (χ0) is 26.8. The molecule has 1 heterocycles. The second kappa shape index (κ2) is 10.9. The summed E-state index contributed by atoms with van der Waals surface area (Å²) in [5.74, 6) is 0.109. The number of carbonyl (C=O) groups is 2. The summed E-state index contributed by atoms with van der Waals surface area (Å²) in [6.45, 7) is 9.87. The van der Waals surface area contributed by atoms with E-state index in [0.717, 1.165) is 54.3 Å². The smallest absolute Gasteiger partial charge is 0.224 e. The van der Waals surface area contributed by atoms with Crippen LogP contribution in [0.1, 0.15) is 69.2 Å². The number of hydrogen-bond donors (Lipinski definition) is 1. The van der Waals surface area contributed by atoms with Gasteiger partial charge in [-0.2, -0.15) is 0 Å². The molecule has 1 amide bonds. The van der Waals surface area contributed by atoms with Crippen molar-refractivity contribution in [2.24, 2.45) is 0 Å². The fraction of sp³-hybridized carbons (Fsp3) is 0.333. The summed E-state index contributed by atoms with van der Waals surface area (Å²) in [4.78, 5) is 31.4. The normalized spacial score (nSPS) is 18.8. The molecular formula is C33H37N3O2. The van der Waals surface area contributed by atoms with E-state index in [9.17, 15) is 9.59 Å². The molecule has 1 aliphatic heterocycles. The van der Waals surface area contributed by atoms with Gasteiger partial charge in [0.05, 0.1) is 17.4 Å². The molecule has 0 bridgehead atoms. The molecule has 0 spiro atoms. The van der Waals surface area contributed by atoms with Crippen LogP contribution in [0, 0.1) is 0 Å². The zero-order valence-electron chi connectivity index (χ0n) is 22.8. The third-order valence-electron chi connectivity index (χ3n) is 8.02. The number of nitrogens with zero attached hydrogens (tertiary/aromatic N) is 2. The number of Topliss-reactive ketones (excluding diaryl/α,β-unsaturated/α-hetero) is 1. The summed E-state index contributed by atoms with van der Waals surface area (Å²) in [7, 11) is 0. The lowest BCUT2D eigenvalue weighted by Crippen LogP contribution is -2.37. The molecule has 0 fully saturated rings. The first kappa shape index (κ1) is 25.8. The van der Waals surface area contributed by atoms with Gasteiger partial charge in [0, 0.05) is 43.4 Å². The van der Waals surface area contributed by atoms with Crippen molar-refractivity contribution >= 4 is 28.8 Å². The Kier molecular flexibility index (Phi) is 7.37. The van der Waals surface area contributed by atoms with E-state index in [2.05, 4.69) is 79.5 Å². The van der Waals surface area contributed by atoms with Crippen LogP contribution in [-0.4, -0.2) is 24.8 Å². The van der Waals surface area contributed by atoms with Crippen molar-refractivity contribution < 1.29 is 9.59 Å². The summed E-state index contributed by atoms with van der Waals surface area (Å²) in [6.07, 6.45) is 2.15. The third-order valence-corrected chi connectivity index (χ3v) is 8.02. The second-order valence-electron chi connectivity index (χ2n) is 10.2. The summed E-state index contributed by atoms with van der Waals surface area (Å²) >= 11 is 0. The molecule has 2 aliphatic rings. The highest BCUT2D eigenvalue weighted by molar-refractivity contribution is 6.06. The van der Waals surface area contributed by atoms with Crippen LogP contribution in [-0.2, 0) is 16.0 Å². The summed E-state index contributed by atoms with van der Waals surface area (Å²) in [5.41, 5.74) is 7.83. The summed E-state index contributed by atoms with van der Waals surface area (Å²) < 4.78 is 0. The number of rotatable bonds is 6. The molecule has 5 nitrogen and oxygen atoms in total. The molecular weight excluding hydrogens is 470 g/mol. The molecule has 3 aromatic carbocycles. The second-order valence-corrected chi connectivity index (χ2v) is 10.2. The van der Waals surface area contributed by atoms with E-state index in [4.69, 9.17) is 0 Å². The molecule has 5 rings (SSSR count). The van der Waals surface area contributed by atoms with Crippen molar-refractivity contribution in [3.63, 3.8) is 0 Å². The maximum atomic E-state index is 14.0. The largest absolute Gasteiger partial charge is 0.372 e.